The van der Waals surface area contributed by atoms with E-state index in [-0.39, 0.29) is 11.4 Å². The molecule has 2 heterocycles. The van der Waals surface area contributed by atoms with Gasteiger partial charge in [0.25, 0.3) is 0 Å². The van der Waals surface area contributed by atoms with Crippen LogP contribution in [0.5, 0.6) is 0 Å². The fourth-order valence-corrected chi connectivity index (χ4v) is 5.86. The maximum absolute atomic E-state index is 8.67. The van der Waals surface area contributed by atoms with Crippen LogP contribution < -0.4 is 0 Å². The summed E-state index contributed by atoms with van der Waals surface area (Å²) in [5.41, 5.74) is 9.04. The Balaban J connectivity index is 1.34. The van der Waals surface area contributed by atoms with Gasteiger partial charge in [0.05, 0.1) is 32.9 Å². The molecular weight excluding hydrogens is 472 g/mol. The van der Waals surface area contributed by atoms with E-state index in [4.69, 9.17) is 20.8 Å². The Hall–Kier alpha value is -4.74. The number of para-hydroxylation sites is 1. The standard InChI is InChI=1S/C32H20N4S/c33-25-17-16-24-29(30(25)34)23-15-14-22(18-27(23)35-31(24)20-6-2-1-3-7-20)19-10-12-21(13-11-19)32-36-26-8-4-5-9-28(26)37-32/h1-18,33-34H. The largest absolute Gasteiger partial charge is 0.299 e. The van der Waals surface area contributed by atoms with Gasteiger partial charge in [-0.05, 0) is 41.5 Å². The zero-order valence-electron chi connectivity index (χ0n) is 19.7. The molecule has 0 aliphatic heterocycles. The highest BCUT2D eigenvalue weighted by Gasteiger charge is 2.23. The maximum atomic E-state index is 8.67. The molecule has 2 aromatic heterocycles. The van der Waals surface area contributed by atoms with Crippen LogP contribution in [0.25, 0.3) is 60.2 Å². The smallest absolute Gasteiger partial charge is 0.124 e. The fraction of sp³-hybridized carbons (Fsp3) is 0. The second kappa shape index (κ2) is 8.43. The van der Waals surface area contributed by atoms with E-state index in [2.05, 4.69) is 42.5 Å². The first-order valence-electron chi connectivity index (χ1n) is 12.0. The van der Waals surface area contributed by atoms with E-state index in [1.54, 1.807) is 17.4 Å². The third-order valence-electron chi connectivity index (χ3n) is 6.77. The lowest BCUT2D eigenvalue weighted by Crippen LogP contribution is -2.17. The van der Waals surface area contributed by atoms with Gasteiger partial charge in [-0.15, -0.1) is 11.3 Å². The van der Waals surface area contributed by atoms with Gasteiger partial charge in [0.1, 0.15) is 5.01 Å². The third kappa shape index (κ3) is 3.60. The molecule has 0 spiro atoms. The molecule has 174 valence electrons. The van der Waals surface area contributed by atoms with Crippen molar-refractivity contribution < 1.29 is 0 Å². The second-order valence-electron chi connectivity index (χ2n) is 9.03. The van der Waals surface area contributed by atoms with E-state index in [1.165, 1.54) is 4.70 Å². The summed E-state index contributed by atoms with van der Waals surface area (Å²) in [6.07, 6.45) is 3.60. The van der Waals surface area contributed by atoms with Gasteiger partial charge in [-0.1, -0.05) is 78.9 Å². The SMILES string of the molecule is N=C1C=Cc2c(-c3ccccc3)nc3cc(-c4ccc(-c5nc6ccccc6s5)cc4)ccc3c2C1=N. The quantitative estimate of drug-likeness (QED) is 0.261. The summed E-state index contributed by atoms with van der Waals surface area (Å²) >= 11 is 1.70. The van der Waals surface area contributed by atoms with Gasteiger partial charge in [0.2, 0.25) is 0 Å². The number of pyridine rings is 1. The summed E-state index contributed by atoms with van der Waals surface area (Å²) in [5.74, 6) is 0. The minimum Gasteiger partial charge on any atom is -0.299 e. The predicted molar refractivity (Wildman–Crippen MR) is 155 cm³/mol. The summed E-state index contributed by atoms with van der Waals surface area (Å²) in [5, 5.41) is 18.8. The lowest BCUT2D eigenvalue weighted by Gasteiger charge is -2.19. The Labute approximate surface area is 217 Å². The Morgan fingerprint density at radius 2 is 1.32 bits per heavy atom. The van der Waals surface area contributed by atoms with Crippen molar-refractivity contribution >= 4 is 50.0 Å². The molecule has 0 atom stereocenters. The molecule has 2 N–H and O–H groups in total. The monoisotopic (exact) mass is 492 g/mol. The lowest BCUT2D eigenvalue weighted by molar-refractivity contribution is 1.36. The molecule has 1 aliphatic carbocycles. The van der Waals surface area contributed by atoms with E-state index in [0.717, 1.165) is 60.5 Å². The van der Waals surface area contributed by atoms with E-state index in [9.17, 15) is 0 Å². The molecule has 7 rings (SSSR count). The van der Waals surface area contributed by atoms with Gasteiger partial charge in [0, 0.05) is 27.6 Å². The number of benzene rings is 4. The van der Waals surface area contributed by atoms with Crippen LogP contribution in [0.2, 0.25) is 0 Å². The second-order valence-corrected chi connectivity index (χ2v) is 10.1. The average Bonchev–Trinajstić information content (AvgIpc) is 3.39. The zero-order valence-corrected chi connectivity index (χ0v) is 20.5. The van der Waals surface area contributed by atoms with Gasteiger partial charge in [-0.25, -0.2) is 9.97 Å². The van der Waals surface area contributed by atoms with Crippen LogP contribution in [-0.4, -0.2) is 21.4 Å². The van der Waals surface area contributed by atoms with E-state index >= 15 is 0 Å². The number of allylic oxidation sites excluding steroid dienone is 1. The molecule has 0 fully saturated rings. The van der Waals surface area contributed by atoms with Crippen molar-refractivity contribution in [3.63, 3.8) is 0 Å². The van der Waals surface area contributed by atoms with Crippen molar-refractivity contribution in [2.24, 2.45) is 0 Å². The zero-order chi connectivity index (χ0) is 24.9. The summed E-state index contributed by atoms with van der Waals surface area (Å²) in [4.78, 5) is 9.85. The molecule has 0 bridgehead atoms. The average molecular weight is 493 g/mol. The molecule has 4 aromatic carbocycles. The molecule has 5 heteroatoms. The van der Waals surface area contributed by atoms with Crippen LogP contribution in [0.3, 0.4) is 0 Å². The van der Waals surface area contributed by atoms with Crippen LogP contribution in [0.1, 0.15) is 11.1 Å². The highest BCUT2D eigenvalue weighted by molar-refractivity contribution is 7.21. The van der Waals surface area contributed by atoms with E-state index in [0.29, 0.717) is 0 Å². The molecule has 0 unspecified atom stereocenters. The number of rotatable bonds is 3. The van der Waals surface area contributed by atoms with Gasteiger partial charge in [0.15, 0.2) is 0 Å². The molecule has 4 nitrogen and oxygen atoms in total. The van der Waals surface area contributed by atoms with Gasteiger partial charge >= 0.3 is 0 Å². The fourth-order valence-electron chi connectivity index (χ4n) is 4.89. The van der Waals surface area contributed by atoms with Crippen molar-refractivity contribution in [1.82, 2.24) is 9.97 Å². The van der Waals surface area contributed by atoms with Crippen LogP contribution in [0.4, 0.5) is 0 Å². The number of aromatic nitrogens is 2. The molecule has 1 aliphatic rings. The normalized spacial score (nSPS) is 12.9. The Morgan fingerprint density at radius 1 is 0.595 bits per heavy atom. The molecule has 6 aromatic rings. The predicted octanol–water partition coefficient (Wildman–Crippen LogP) is 8.26. The number of hydrogen-bond donors (Lipinski definition) is 2. The summed E-state index contributed by atoms with van der Waals surface area (Å²) in [7, 11) is 0. The van der Waals surface area contributed by atoms with Gasteiger partial charge in [-0.3, -0.25) is 10.8 Å². The molecule has 0 amide bonds. The molecule has 0 saturated heterocycles. The van der Waals surface area contributed by atoms with Crippen LogP contribution in [0.15, 0.2) is 103 Å². The Morgan fingerprint density at radius 3 is 2.14 bits per heavy atom. The first-order chi connectivity index (χ1) is 18.2. The molecular formula is C32H20N4S. The summed E-state index contributed by atoms with van der Waals surface area (Å²) in [6, 6.07) is 33.0. The maximum Gasteiger partial charge on any atom is 0.124 e. The number of nitrogens with one attached hydrogen (secondary N) is 2. The highest BCUT2D eigenvalue weighted by Crippen LogP contribution is 2.36. The minimum atomic E-state index is 0.216. The van der Waals surface area contributed by atoms with Crippen LogP contribution >= 0.6 is 11.3 Å². The summed E-state index contributed by atoms with van der Waals surface area (Å²) in [6.45, 7) is 0. The Bertz CT molecular complexity index is 1860. The lowest BCUT2D eigenvalue weighted by atomic mass is 9.87. The van der Waals surface area contributed by atoms with Crippen molar-refractivity contribution in [3.05, 3.63) is 114 Å². The Kier molecular flexibility index (Phi) is 4.91. The van der Waals surface area contributed by atoms with Crippen molar-refractivity contribution in [3.8, 4) is 33.0 Å². The third-order valence-corrected chi connectivity index (χ3v) is 7.85. The first-order valence-corrected chi connectivity index (χ1v) is 12.8. The first kappa shape index (κ1) is 21.5. The van der Waals surface area contributed by atoms with Crippen LogP contribution in [-0.2, 0) is 0 Å². The van der Waals surface area contributed by atoms with Crippen molar-refractivity contribution in [2.45, 2.75) is 0 Å². The minimum absolute atomic E-state index is 0.216. The number of thiazole rings is 1. The van der Waals surface area contributed by atoms with Gasteiger partial charge in [-0.2, -0.15) is 0 Å². The van der Waals surface area contributed by atoms with Crippen molar-refractivity contribution in [2.75, 3.05) is 0 Å². The van der Waals surface area contributed by atoms with Crippen molar-refractivity contribution in [1.29, 1.82) is 10.8 Å². The van der Waals surface area contributed by atoms with Gasteiger partial charge < -0.3 is 0 Å². The van der Waals surface area contributed by atoms with E-state index in [1.807, 2.05) is 60.7 Å². The number of hydrogen-bond acceptors (Lipinski definition) is 5. The number of fused-ring (bicyclic) bond motifs is 4. The number of nitrogens with zero attached hydrogens (tertiary/aromatic N) is 2. The molecule has 0 radical (unpaired) electrons. The molecule has 37 heavy (non-hydrogen) atoms. The summed E-state index contributed by atoms with van der Waals surface area (Å²) < 4.78 is 1.19. The topological polar surface area (TPSA) is 73.5 Å². The van der Waals surface area contributed by atoms with Crippen LogP contribution in [0, 0.1) is 10.8 Å². The highest BCUT2D eigenvalue weighted by atomic mass is 32.1. The molecule has 0 saturated carbocycles. The van der Waals surface area contributed by atoms with E-state index < -0.39 is 0 Å².